The molecule has 0 radical (unpaired) electrons. The first-order valence-corrected chi connectivity index (χ1v) is 7.07. The minimum absolute atomic E-state index is 0.0285. The standard InChI is InChI=1S/C14H18N2O4/c1-8-6-16(7-10(8)14(18)19)13(17)12-9-4-2-3-5-11(9)20-15-12/h8,10H,2-7H2,1H3,(H,18,19)/t8-,10-/m1/s1. The zero-order chi connectivity index (χ0) is 14.3. The van der Waals surface area contributed by atoms with E-state index in [9.17, 15) is 9.59 Å². The molecule has 20 heavy (non-hydrogen) atoms. The number of amides is 1. The molecule has 0 saturated carbocycles. The van der Waals surface area contributed by atoms with Gasteiger partial charge < -0.3 is 14.5 Å². The highest BCUT2D eigenvalue weighted by atomic mass is 16.5. The number of fused-ring (bicyclic) bond motifs is 1. The Morgan fingerprint density at radius 3 is 2.75 bits per heavy atom. The largest absolute Gasteiger partial charge is 0.481 e. The summed E-state index contributed by atoms with van der Waals surface area (Å²) in [5.41, 5.74) is 1.31. The second-order valence-corrected chi connectivity index (χ2v) is 5.77. The van der Waals surface area contributed by atoms with Crippen LogP contribution >= 0.6 is 0 Å². The van der Waals surface area contributed by atoms with E-state index in [1.54, 1.807) is 4.90 Å². The molecule has 6 heteroatoms. The molecule has 1 aliphatic carbocycles. The van der Waals surface area contributed by atoms with Gasteiger partial charge in [-0.1, -0.05) is 12.1 Å². The van der Waals surface area contributed by atoms with E-state index in [0.29, 0.717) is 12.2 Å². The summed E-state index contributed by atoms with van der Waals surface area (Å²) in [5.74, 6) is -0.718. The van der Waals surface area contributed by atoms with Crippen molar-refractivity contribution < 1.29 is 19.2 Å². The Morgan fingerprint density at radius 2 is 2.05 bits per heavy atom. The molecular formula is C14H18N2O4. The van der Waals surface area contributed by atoms with E-state index < -0.39 is 11.9 Å². The third-order valence-electron chi connectivity index (χ3n) is 4.37. The first-order chi connectivity index (χ1) is 9.58. The van der Waals surface area contributed by atoms with E-state index in [0.717, 1.165) is 37.0 Å². The number of carbonyl (C=O) groups is 2. The Bertz CT molecular complexity index is 551. The van der Waals surface area contributed by atoms with Gasteiger partial charge in [0.1, 0.15) is 5.76 Å². The Labute approximate surface area is 116 Å². The molecular weight excluding hydrogens is 260 g/mol. The molecule has 3 rings (SSSR count). The van der Waals surface area contributed by atoms with Gasteiger partial charge in [0, 0.05) is 25.1 Å². The molecule has 1 N–H and O–H groups in total. The highest BCUT2D eigenvalue weighted by Gasteiger charge is 2.39. The van der Waals surface area contributed by atoms with E-state index in [4.69, 9.17) is 9.63 Å². The van der Waals surface area contributed by atoms with Crippen LogP contribution in [-0.4, -0.2) is 40.1 Å². The summed E-state index contributed by atoms with van der Waals surface area (Å²) in [6, 6.07) is 0. The van der Waals surface area contributed by atoms with E-state index in [-0.39, 0.29) is 18.4 Å². The van der Waals surface area contributed by atoms with Crippen molar-refractivity contribution in [2.45, 2.75) is 32.6 Å². The maximum Gasteiger partial charge on any atom is 0.308 e. The molecule has 1 fully saturated rings. The van der Waals surface area contributed by atoms with Crippen molar-refractivity contribution in [1.29, 1.82) is 0 Å². The van der Waals surface area contributed by atoms with Crippen molar-refractivity contribution in [3.63, 3.8) is 0 Å². The summed E-state index contributed by atoms with van der Waals surface area (Å²) in [6.07, 6.45) is 3.77. The van der Waals surface area contributed by atoms with Gasteiger partial charge >= 0.3 is 5.97 Å². The van der Waals surface area contributed by atoms with Crippen molar-refractivity contribution in [1.82, 2.24) is 10.1 Å². The molecule has 0 unspecified atom stereocenters. The van der Waals surface area contributed by atoms with Crippen LogP contribution in [0.1, 0.15) is 41.6 Å². The van der Waals surface area contributed by atoms with Crippen molar-refractivity contribution in [2.24, 2.45) is 11.8 Å². The summed E-state index contributed by atoms with van der Waals surface area (Å²) in [7, 11) is 0. The molecule has 1 saturated heterocycles. The fourth-order valence-electron chi connectivity index (χ4n) is 3.16. The van der Waals surface area contributed by atoms with Crippen LogP contribution < -0.4 is 0 Å². The third-order valence-corrected chi connectivity index (χ3v) is 4.37. The molecule has 108 valence electrons. The number of aliphatic carboxylic acids is 1. The number of likely N-dealkylation sites (tertiary alicyclic amines) is 1. The van der Waals surface area contributed by atoms with Gasteiger partial charge in [0.2, 0.25) is 0 Å². The highest BCUT2D eigenvalue weighted by molar-refractivity contribution is 5.94. The second-order valence-electron chi connectivity index (χ2n) is 5.77. The maximum atomic E-state index is 12.5. The molecule has 0 aromatic carbocycles. The van der Waals surface area contributed by atoms with Gasteiger partial charge in [0.05, 0.1) is 5.92 Å². The topological polar surface area (TPSA) is 83.6 Å². The zero-order valence-electron chi connectivity index (χ0n) is 11.5. The SMILES string of the molecule is C[C@@H]1CN(C(=O)c2noc3c2CCCC3)C[C@H]1C(=O)O. The Morgan fingerprint density at radius 1 is 1.30 bits per heavy atom. The van der Waals surface area contributed by atoms with Gasteiger partial charge in [-0.2, -0.15) is 0 Å². The van der Waals surface area contributed by atoms with Crippen LogP contribution in [0.4, 0.5) is 0 Å². The summed E-state index contributed by atoms with van der Waals surface area (Å²) in [4.78, 5) is 25.2. The van der Waals surface area contributed by atoms with E-state index >= 15 is 0 Å². The molecule has 6 nitrogen and oxygen atoms in total. The predicted octanol–water partition coefficient (Wildman–Crippen LogP) is 1.35. The normalized spacial score (nSPS) is 25.6. The minimum atomic E-state index is -0.838. The molecule has 2 aliphatic rings. The lowest BCUT2D eigenvalue weighted by molar-refractivity contribution is -0.142. The number of carbonyl (C=O) groups excluding carboxylic acids is 1. The predicted molar refractivity (Wildman–Crippen MR) is 69.3 cm³/mol. The molecule has 1 aliphatic heterocycles. The molecule has 1 aromatic rings. The fourth-order valence-corrected chi connectivity index (χ4v) is 3.16. The Hall–Kier alpha value is -1.85. The number of aromatic nitrogens is 1. The Balaban J connectivity index is 1.80. The average Bonchev–Trinajstić information content (AvgIpc) is 3.01. The first kappa shape index (κ1) is 13.1. The number of hydrogen-bond donors (Lipinski definition) is 1. The number of aryl methyl sites for hydroxylation is 1. The number of hydrogen-bond acceptors (Lipinski definition) is 4. The van der Waals surface area contributed by atoms with Gasteiger partial charge in [-0.15, -0.1) is 0 Å². The lowest BCUT2D eigenvalue weighted by atomic mass is 9.96. The molecule has 0 spiro atoms. The van der Waals surface area contributed by atoms with Crippen LogP contribution in [0.5, 0.6) is 0 Å². The molecule has 2 heterocycles. The second kappa shape index (κ2) is 4.92. The number of carboxylic acid groups (broad SMARTS) is 1. The van der Waals surface area contributed by atoms with Crippen LogP contribution in [0.3, 0.4) is 0 Å². The van der Waals surface area contributed by atoms with Gasteiger partial charge in [0.25, 0.3) is 5.91 Å². The average molecular weight is 278 g/mol. The zero-order valence-corrected chi connectivity index (χ0v) is 11.5. The minimum Gasteiger partial charge on any atom is -0.481 e. The van der Waals surface area contributed by atoms with Crippen LogP contribution in [-0.2, 0) is 17.6 Å². The van der Waals surface area contributed by atoms with Crippen molar-refractivity contribution >= 4 is 11.9 Å². The van der Waals surface area contributed by atoms with Crippen LogP contribution in [0.2, 0.25) is 0 Å². The smallest absolute Gasteiger partial charge is 0.308 e. The quantitative estimate of drug-likeness (QED) is 0.882. The van der Waals surface area contributed by atoms with Crippen molar-refractivity contribution in [2.75, 3.05) is 13.1 Å². The Kier molecular flexibility index (Phi) is 3.23. The van der Waals surface area contributed by atoms with Crippen LogP contribution in [0.15, 0.2) is 4.52 Å². The maximum absolute atomic E-state index is 12.5. The third kappa shape index (κ3) is 2.09. The lowest BCUT2D eigenvalue weighted by Gasteiger charge is -2.16. The van der Waals surface area contributed by atoms with E-state index in [2.05, 4.69) is 5.16 Å². The summed E-state index contributed by atoms with van der Waals surface area (Å²) in [5, 5.41) is 13.1. The summed E-state index contributed by atoms with van der Waals surface area (Å²) in [6.45, 7) is 2.60. The fraction of sp³-hybridized carbons (Fsp3) is 0.643. The van der Waals surface area contributed by atoms with Crippen LogP contribution in [0.25, 0.3) is 0 Å². The molecule has 2 atom stereocenters. The van der Waals surface area contributed by atoms with Crippen molar-refractivity contribution in [3.8, 4) is 0 Å². The molecule has 0 bridgehead atoms. The summed E-state index contributed by atoms with van der Waals surface area (Å²) < 4.78 is 5.26. The van der Waals surface area contributed by atoms with E-state index in [1.165, 1.54) is 0 Å². The summed E-state index contributed by atoms with van der Waals surface area (Å²) >= 11 is 0. The number of rotatable bonds is 2. The van der Waals surface area contributed by atoms with Crippen LogP contribution in [0, 0.1) is 11.8 Å². The monoisotopic (exact) mass is 278 g/mol. The van der Waals surface area contributed by atoms with E-state index in [1.807, 2.05) is 6.92 Å². The van der Waals surface area contributed by atoms with Crippen molar-refractivity contribution in [3.05, 3.63) is 17.0 Å². The lowest BCUT2D eigenvalue weighted by Crippen LogP contribution is -2.31. The molecule has 1 aromatic heterocycles. The first-order valence-electron chi connectivity index (χ1n) is 7.07. The van der Waals surface area contributed by atoms with Gasteiger partial charge in [-0.3, -0.25) is 9.59 Å². The highest BCUT2D eigenvalue weighted by Crippen LogP contribution is 2.28. The number of carboxylic acids is 1. The van der Waals surface area contributed by atoms with Gasteiger partial charge in [0.15, 0.2) is 5.69 Å². The van der Waals surface area contributed by atoms with Gasteiger partial charge in [-0.25, -0.2) is 0 Å². The molecule has 1 amide bonds. The van der Waals surface area contributed by atoms with Gasteiger partial charge in [-0.05, 0) is 25.2 Å². The number of nitrogens with zero attached hydrogens (tertiary/aromatic N) is 2.